The van der Waals surface area contributed by atoms with Crippen LogP contribution in [0.1, 0.15) is 5.56 Å². The zero-order valence-electron chi connectivity index (χ0n) is 15.0. The first-order valence-corrected chi connectivity index (χ1v) is 8.26. The third kappa shape index (κ3) is 3.74. The highest BCUT2D eigenvalue weighted by Gasteiger charge is 2.13. The second-order valence-corrected chi connectivity index (χ2v) is 6.16. The van der Waals surface area contributed by atoms with Crippen LogP contribution >= 0.6 is 0 Å². The molecule has 1 amide bonds. The van der Waals surface area contributed by atoms with Crippen molar-refractivity contribution in [2.45, 2.75) is 13.5 Å². The number of benzene rings is 1. The molecule has 1 aromatic carbocycles. The van der Waals surface area contributed by atoms with Crippen LogP contribution in [0.15, 0.2) is 41.6 Å². The number of amides is 1. The molecule has 2 aromatic heterocycles. The van der Waals surface area contributed by atoms with E-state index in [0.29, 0.717) is 24.2 Å². The number of rotatable bonds is 6. The van der Waals surface area contributed by atoms with Gasteiger partial charge in [0.1, 0.15) is 30.6 Å². The number of hydrogen-bond donors (Lipinski definition) is 0. The number of fused-ring (bicyclic) bond motifs is 1. The van der Waals surface area contributed by atoms with E-state index in [9.17, 15) is 9.59 Å². The Kier molecular flexibility index (Phi) is 5.01. The molecule has 0 saturated carbocycles. The van der Waals surface area contributed by atoms with Gasteiger partial charge in [0.25, 0.3) is 5.56 Å². The highest BCUT2D eigenvalue weighted by atomic mass is 16.5. The van der Waals surface area contributed by atoms with Crippen molar-refractivity contribution in [2.75, 3.05) is 20.2 Å². The lowest BCUT2D eigenvalue weighted by molar-refractivity contribution is -0.130. The summed E-state index contributed by atoms with van der Waals surface area (Å²) in [4.78, 5) is 30.5. The minimum Gasteiger partial charge on any atom is -0.492 e. The maximum Gasteiger partial charge on any atom is 0.264 e. The first-order chi connectivity index (χ1) is 12.5. The van der Waals surface area contributed by atoms with Crippen molar-refractivity contribution < 1.29 is 9.53 Å². The Balaban J connectivity index is 1.58. The molecule has 0 radical (unpaired) electrons. The van der Waals surface area contributed by atoms with Gasteiger partial charge in [-0.3, -0.25) is 18.8 Å². The van der Waals surface area contributed by atoms with Gasteiger partial charge in [-0.25, -0.2) is 4.98 Å². The zero-order valence-corrected chi connectivity index (χ0v) is 15.0. The number of carbonyl (C=O) groups is 1. The van der Waals surface area contributed by atoms with Crippen LogP contribution in [0.25, 0.3) is 11.0 Å². The highest BCUT2D eigenvalue weighted by molar-refractivity contribution is 5.77. The highest BCUT2D eigenvalue weighted by Crippen LogP contribution is 2.11. The van der Waals surface area contributed by atoms with E-state index in [2.05, 4.69) is 10.1 Å². The molecule has 0 spiro atoms. The minimum absolute atomic E-state index is 0.0717. The van der Waals surface area contributed by atoms with Crippen LogP contribution in [0.5, 0.6) is 5.75 Å². The predicted molar refractivity (Wildman–Crippen MR) is 97.1 cm³/mol. The van der Waals surface area contributed by atoms with Gasteiger partial charge in [-0.2, -0.15) is 5.10 Å². The van der Waals surface area contributed by atoms with Crippen molar-refractivity contribution in [1.82, 2.24) is 24.2 Å². The molecular weight excluding hydrogens is 334 g/mol. The van der Waals surface area contributed by atoms with Crippen molar-refractivity contribution in [2.24, 2.45) is 7.05 Å². The van der Waals surface area contributed by atoms with Gasteiger partial charge in [-0.15, -0.1) is 0 Å². The first kappa shape index (κ1) is 17.7. The fourth-order valence-electron chi connectivity index (χ4n) is 2.51. The predicted octanol–water partition coefficient (Wildman–Crippen LogP) is 0.976. The van der Waals surface area contributed by atoms with E-state index in [1.54, 1.807) is 14.1 Å². The van der Waals surface area contributed by atoms with Crippen molar-refractivity contribution in [3.63, 3.8) is 0 Å². The van der Waals surface area contributed by atoms with Gasteiger partial charge in [0.05, 0.1) is 12.7 Å². The minimum atomic E-state index is -0.277. The average molecular weight is 355 g/mol. The Bertz CT molecular complexity index is 975. The Morgan fingerprint density at radius 2 is 2.00 bits per heavy atom. The number of likely N-dealkylation sites (N-methyl/N-ethyl adjacent to an activating group) is 1. The standard InChI is InChI=1S/C18H21N5O3/c1-13-4-6-14(7-5-13)26-9-8-21(2)16(24)11-23-12-19-17-15(18(23)25)10-20-22(17)3/h4-7,10,12H,8-9,11H2,1-3H3. The summed E-state index contributed by atoms with van der Waals surface area (Å²) >= 11 is 0. The molecule has 0 saturated heterocycles. The lowest BCUT2D eigenvalue weighted by atomic mass is 10.2. The topological polar surface area (TPSA) is 82.2 Å². The maximum absolute atomic E-state index is 12.4. The average Bonchev–Trinajstić information content (AvgIpc) is 3.00. The summed E-state index contributed by atoms with van der Waals surface area (Å²) in [5.41, 5.74) is 1.38. The van der Waals surface area contributed by atoms with Crippen molar-refractivity contribution in [1.29, 1.82) is 0 Å². The zero-order chi connectivity index (χ0) is 18.7. The Morgan fingerprint density at radius 1 is 1.27 bits per heavy atom. The summed E-state index contributed by atoms with van der Waals surface area (Å²) in [6, 6.07) is 7.73. The van der Waals surface area contributed by atoms with Crippen LogP contribution in [-0.4, -0.2) is 50.3 Å². The quantitative estimate of drug-likeness (QED) is 0.658. The summed E-state index contributed by atoms with van der Waals surface area (Å²) in [5, 5.41) is 4.41. The number of aromatic nitrogens is 4. The van der Waals surface area contributed by atoms with Gasteiger partial charge in [0.2, 0.25) is 5.91 Å². The fourth-order valence-corrected chi connectivity index (χ4v) is 2.51. The lowest BCUT2D eigenvalue weighted by Gasteiger charge is -2.18. The Labute approximate surface area is 150 Å². The molecule has 26 heavy (non-hydrogen) atoms. The second-order valence-electron chi connectivity index (χ2n) is 6.16. The summed E-state index contributed by atoms with van der Waals surface area (Å²) in [7, 11) is 3.40. The van der Waals surface area contributed by atoms with E-state index >= 15 is 0 Å². The molecule has 0 bridgehead atoms. The number of nitrogens with zero attached hydrogens (tertiary/aromatic N) is 5. The Hall–Kier alpha value is -3.16. The third-order valence-electron chi connectivity index (χ3n) is 4.17. The molecular formula is C18H21N5O3. The molecule has 0 aliphatic carbocycles. The summed E-state index contributed by atoms with van der Waals surface area (Å²) in [6.45, 7) is 2.73. The van der Waals surface area contributed by atoms with Crippen LogP contribution in [-0.2, 0) is 18.4 Å². The molecule has 8 nitrogen and oxygen atoms in total. The summed E-state index contributed by atoms with van der Waals surface area (Å²) in [5.74, 6) is 0.573. The summed E-state index contributed by atoms with van der Waals surface area (Å²) < 4.78 is 8.45. The van der Waals surface area contributed by atoms with E-state index in [4.69, 9.17) is 4.74 Å². The molecule has 8 heteroatoms. The molecule has 0 aliphatic heterocycles. The Morgan fingerprint density at radius 3 is 2.73 bits per heavy atom. The molecule has 0 fully saturated rings. The van der Waals surface area contributed by atoms with Crippen LogP contribution in [0.3, 0.4) is 0 Å². The first-order valence-electron chi connectivity index (χ1n) is 8.26. The van der Waals surface area contributed by atoms with Gasteiger partial charge in [-0.1, -0.05) is 17.7 Å². The number of carbonyl (C=O) groups excluding carboxylic acids is 1. The van der Waals surface area contributed by atoms with Crippen molar-refractivity contribution in [3.8, 4) is 5.75 Å². The monoisotopic (exact) mass is 355 g/mol. The van der Waals surface area contributed by atoms with E-state index < -0.39 is 0 Å². The molecule has 0 unspecified atom stereocenters. The van der Waals surface area contributed by atoms with Gasteiger partial charge in [-0.05, 0) is 19.1 Å². The molecule has 2 heterocycles. The van der Waals surface area contributed by atoms with Crippen LogP contribution in [0.2, 0.25) is 0 Å². The SMILES string of the molecule is Cc1ccc(OCCN(C)C(=O)Cn2cnc3c(cnn3C)c2=O)cc1. The van der Waals surface area contributed by atoms with Crippen molar-refractivity contribution in [3.05, 3.63) is 52.7 Å². The van der Waals surface area contributed by atoms with Gasteiger partial charge < -0.3 is 9.64 Å². The largest absolute Gasteiger partial charge is 0.492 e. The lowest BCUT2D eigenvalue weighted by Crippen LogP contribution is -2.36. The number of hydrogen-bond acceptors (Lipinski definition) is 5. The molecule has 0 N–H and O–H groups in total. The van der Waals surface area contributed by atoms with E-state index in [-0.39, 0.29) is 18.0 Å². The summed E-state index contributed by atoms with van der Waals surface area (Å²) in [6.07, 6.45) is 2.84. The van der Waals surface area contributed by atoms with Crippen molar-refractivity contribution >= 4 is 16.9 Å². The number of aryl methyl sites for hydroxylation is 2. The van der Waals surface area contributed by atoms with E-state index in [0.717, 1.165) is 11.3 Å². The molecule has 0 atom stereocenters. The molecule has 3 rings (SSSR count). The van der Waals surface area contributed by atoms with Crippen LogP contribution < -0.4 is 10.3 Å². The second kappa shape index (κ2) is 7.38. The van der Waals surface area contributed by atoms with Gasteiger partial charge in [0.15, 0.2) is 5.65 Å². The normalized spacial score (nSPS) is 10.9. The molecule has 136 valence electrons. The van der Waals surface area contributed by atoms with Crippen LogP contribution in [0.4, 0.5) is 0 Å². The van der Waals surface area contributed by atoms with Gasteiger partial charge >= 0.3 is 0 Å². The third-order valence-corrected chi connectivity index (χ3v) is 4.17. The smallest absolute Gasteiger partial charge is 0.264 e. The fraction of sp³-hybridized carbons (Fsp3) is 0.333. The molecule has 3 aromatic rings. The van der Waals surface area contributed by atoms with Crippen LogP contribution in [0, 0.1) is 6.92 Å². The van der Waals surface area contributed by atoms with E-state index in [1.807, 2.05) is 31.2 Å². The number of ether oxygens (including phenoxy) is 1. The van der Waals surface area contributed by atoms with Gasteiger partial charge in [0, 0.05) is 14.1 Å². The van der Waals surface area contributed by atoms with E-state index in [1.165, 1.54) is 26.7 Å². The molecule has 0 aliphatic rings. The maximum atomic E-state index is 12.4.